The Morgan fingerprint density at radius 1 is 1.14 bits per heavy atom. The minimum Gasteiger partial charge on any atom is -0.361 e. The second-order valence-electron chi connectivity index (χ2n) is 4.07. The van der Waals surface area contributed by atoms with Crippen molar-refractivity contribution in [2.24, 2.45) is 0 Å². The summed E-state index contributed by atoms with van der Waals surface area (Å²) < 4.78 is 0. The lowest BCUT2D eigenvalue weighted by Crippen LogP contribution is -2.01. The van der Waals surface area contributed by atoms with E-state index in [0.717, 1.165) is 5.69 Å². The third-order valence-corrected chi connectivity index (χ3v) is 2.23. The molecule has 0 spiro atoms. The number of rotatable bonds is 2. The summed E-state index contributed by atoms with van der Waals surface area (Å²) in [6.07, 6.45) is 0. The molecule has 0 aliphatic carbocycles. The topological polar surface area (TPSA) is 17.2 Å². The van der Waals surface area contributed by atoms with Gasteiger partial charge >= 0.3 is 0 Å². The van der Waals surface area contributed by atoms with Crippen LogP contribution in [0.4, 0.5) is 5.82 Å². The smallest absolute Gasteiger partial charge is 0.269 e. The minimum atomic E-state index is 0.383. The van der Waals surface area contributed by atoms with Crippen molar-refractivity contribution in [2.75, 3.05) is 0 Å². The number of pyridine rings is 1. The van der Waals surface area contributed by atoms with Crippen molar-refractivity contribution >= 4 is 5.82 Å². The largest absolute Gasteiger partial charge is 0.361 e. The van der Waals surface area contributed by atoms with Crippen LogP contribution in [0.2, 0.25) is 0 Å². The minimum absolute atomic E-state index is 0.383. The van der Waals surface area contributed by atoms with Gasteiger partial charge in [0.05, 0.1) is 0 Å². The van der Waals surface area contributed by atoms with Gasteiger partial charge in [0.2, 0.25) is 0 Å². The molecule has 2 heteroatoms. The molecule has 0 saturated heterocycles. The first kappa shape index (κ1) is 10.7. The first-order valence-corrected chi connectivity index (χ1v) is 4.94. The zero-order valence-corrected chi connectivity index (χ0v) is 9.20. The molecule has 0 N–H and O–H groups in total. The maximum Gasteiger partial charge on any atom is 0.269 e. The van der Waals surface area contributed by atoms with E-state index in [1.54, 1.807) is 6.07 Å². The predicted octanol–water partition coefficient (Wildman–Crippen LogP) is 3.88. The lowest BCUT2D eigenvalue weighted by atomic mass is 9.95. The molecular formula is C12H16N2. The van der Waals surface area contributed by atoms with Crippen LogP contribution in [0.15, 0.2) is 12.1 Å². The molecule has 1 rings (SSSR count). The highest BCUT2D eigenvalue weighted by atomic mass is 14.9. The highest BCUT2D eigenvalue weighted by molar-refractivity contribution is 5.41. The Balaban J connectivity index is 3.26. The Bertz CT molecular complexity index is 359. The van der Waals surface area contributed by atoms with Crippen LogP contribution in [0, 0.1) is 6.57 Å². The van der Waals surface area contributed by atoms with E-state index < -0.39 is 0 Å². The van der Waals surface area contributed by atoms with E-state index in [0.29, 0.717) is 17.7 Å². The van der Waals surface area contributed by atoms with E-state index in [1.165, 1.54) is 5.56 Å². The van der Waals surface area contributed by atoms with Gasteiger partial charge < -0.3 is 4.85 Å². The Kier molecular flexibility index (Phi) is 3.24. The van der Waals surface area contributed by atoms with Crippen LogP contribution < -0.4 is 0 Å². The molecule has 2 nitrogen and oxygen atoms in total. The SMILES string of the molecule is [C-]#[N+]c1ccc(C(C)C)c(C(C)C)n1. The molecule has 1 aromatic rings. The van der Waals surface area contributed by atoms with E-state index in [-0.39, 0.29) is 0 Å². The molecule has 0 aromatic carbocycles. The van der Waals surface area contributed by atoms with Gasteiger partial charge in [-0.25, -0.2) is 0 Å². The van der Waals surface area contributed by atoms with Crippen LogP contribution in [-0.2, 0) is 0 Å². The van der Waals surface area contributed by atoms with Crippen molar-refractivity contribution in [3.8, 4) is 0 Å². The third kappa shape index (κ3) is 2.11. The van der Waals surface area contributed by atoms with E-state index in [2.05, 4.69) is 37.5 Å². The molecule has 0 radical (unpaired) electrons. The fraction of sp³-hybridized carbons (Fsp3) is 0.500. The quantitative estimate of drug-likeness (QED) is 0.644. The van der Waals surface area contributed by atoms with E-state index in [9.17, 15) is 0 Å². The van der Waals surface area contributed by atoms with Gasteiger partial charge in [0.1, 0.15) is 5.69 Å². The molecule has 0 atom stereocenters. The summed E-state index contributed by atoms with van der Waals surface area (Å²) in [5.41, 5.74) is 2.32. The second kappa shape index (κ2) is 4.23. The van der Waals surface area contributed by atoms with Crippen LogP contribution in [0.3, 0.4) is 0 Å². The Morgan fingerprint density at radius 3 is 2.21 bits per heavy atom. The summed E-state index contributed by atoms with van der Waals surface area (Å²) in [5, 5.41) is 0. The van der Waals surface area contributed by atoms with Crippen LogP contribution in [0.1, 0.15) is 50.8 Å². The first-order valence-electron chi connectivity index (χ1n) is 4.94. The normalized spacial score (nSPS) is 10.6. The molecule has 1 aromatic heterocycles. The second-order valence-corrected chi connectivity index (χ2v) is 4.07. The molecule has 0 saturated carbocycles. The zero-order chi connectivity index (χ0) is 10.7. The van der Waals surface area contributed by atoms with Gasteiger partial charge in [0.25, 0.3) is 5.82 Å². The van der Waals surface area contributed by atoms with E-state index in [4.69, 9.17) is 6.57 Å². The van der Waals surface area contributed by atoms with Gasteiger partial charge in [0, 0.05) is 5.92 Å². The molecule has 1 heterocycles. The molecular weight excluding hydrogens is 172 g/mol. The van der Waals surface area contributed by atoms with E-state index in [1.807, 2.05) is 6.07 Å². The summed E-state index contributed by atoms with van der Waals surface area (Å²) in [6.45, 7) is 15.5. The zero-order valence-electron chi connectivity index (χ0n) is 9.20. The van der Waals surface area contributed by atoms with Crippen molar-refractivity contribution in [2.45, 2.75) is 39.5 Å². The van der Waals surface area contributed by atoms with Crippen molar-refractivity contribution in [1.82, 2.24) is 4.98 Å². The van der Waals surface area contributed by atoms with Crippen LogP contribution in [-0.4, -0.2) is 4.98 Å². The molecule has 0 aliphatic heterocycles. The van der Waals surface area contributed by atoms with Gasteiger partial charge in [0.15, 0.2) is 0 Å². The maximum atomic E-state index is 6.92. The molecule has 74 valence electrons. The summed E-state index contributed by atoms with van der Waals surface area (Å²) in [4.78, 5) is 7.71. The lowest BCUT2D eigenvalue weighted by Gasteiger charge is -2.11. The van der Waals surface area contributed by atoms with Crippen molar-refractivity contribution in [1.29, 1.82) is 0 Å². The van der Waals surface area contributed by atoms with E-state index >= 15 is 0 Å². The summed E-state index contributed by atoms with van der Waals surface area (Å²) in [6, 6.07) is 3.83. The molecule has 0 fully saturated rings. The van der Waals surface area contributed by atoms with Gasteiger partial charge in [-0.2, -0.15) is 0 Å². The maximum absolute atomic E-state index is 6.92. The van der Waals surface area contributed by atoms with Crippen molar-refractivity contribution in [3.05, 3.63) is 34.8 Å². The van der Waals surface area contributed by atoms with Crippen LogP contribution in [0.25, 0.3) is 4.85 Å². The third-order valence-electron chi connectivity index (χ3n) is 2.23. The monoisotopic (exact) mass is 188 g/mol. The fourth-order valence-corrected chi connectivity index (χ4v) is 1.49. The van der Waals surface area contributed by atoms with Gasteiger partial charge in [-0.3, -0.25) is 0 Å². The average Bonchev–Trinajstić information content (AvgIpc) is 2.16. The molecule has 0 bridgehead atoms. The summed E-state index contributed by atoms with van der Waals surface area (Å²) in [5.74, 6) is 1.35. The lowest BCUT2D eigenvalue weighted by molar-refractivity contribution is 0.760. The molecule has 0 amide bonds. The molecule has 14 heavy (non-hydrogen) atoms. The molecule has 0 unspecified atom stereocenters. The van der Waals surface area contributed by atoms with Crippen molar-refractivity contribution in [3.63, 3.8) is 0 Å². The first-order chi connectivity index (χ1) is 6.56. The Hall–Kier alpha value is -1.36. The Morgan fingerprint density at radius 2 is 1.79 bits per heavy atom. The summed E-state index contributed by atoms with van der Waals surface area (Å²) >= 11 is 0. The standard InChI is InChI=1S/C12H16N2/c1-8(2)10-6-7-11(13-5)14-12(10)9(3)4/h6-9H,1-4H3. The predicted molar refractivity (Wildman–Crippen MR) is 58.7 cm³/mol. The fourth-order valence-electron chi connectivity index (χ4n) is 1.49. The van der Waals surface area contributed by atoms with Gasteiger partial charge in [-0.1, -0.05) is 40.3 Å². The van der Waals surface area contributed by atoms with Gasteiger partial charge in [-0.15, -0.1) is 4.98 Å². The highest BCUT2D eigenvalue weighted by Gasteiger charge is 2.15. The van der Waals surface area contributed by atoms with Crippen LogP contribution >= 0.6 is 0 Å². The number of aromatic nitrogens is 1. The van der Waals surface area contributed by atoms with Crippen molar-refractivity contribution < 1.29 is 0 Å². The average molecular weight is 188 g/mol. The highest BCUT2D eigenvalue weighted by Crippen LogP contribution is 2.26. The number of hydrogen-bond acceptors (Lipinski definition) is 1. The number of hydrogen-bond donors (Lipinski definition) is 0. The molecule has 0 aliphatic rings. The number of nitrogens with zero attached hydrogens (tertiary/aromatic N) is 2. The van der Waals surface area contributed by atoms with Crippen LogP contribution in [0.5, 0.6) is 0 Å². The van der Waals surface area contributed by atoms with Gasteiger partial charge in [-0.05, 0) is 17.5 Å². The Labute approximate surface area is 85.8 Å². The summed E-state index contributed by atoms with van der Waals surface area (Å²) in [7, 11) is 0.